The molecule has 0 aliphatic rings. The van der Waals surface area contributed by atoms with E-state index >= 15 is 0 Å². The van der Waals surface area contributed by atoms with Gasteiger partial charge in [0.2, 0.25) is 0 Å². The fourth-order valence-corrected chi connectivity index (χ4v) is 2.82. The molecular formula is C13H14N4O3S. The van der Waals surface area contributed by atoms with E-state index in [0.717, 1.165) is 5.56 Å². The van der Waals surface area contributed by atoms with Crippen LogP contribution in [0.4, 0.5) is 0 Å². The van der Waals surface area contributed by atoms with Gasteiger partial charge in [-0.05, 0) is 25.5 Å². The molecule has 0 fully saturated rings. The van der Waals surface area contributed by atoms with Gasteiger partial charge < -0.3 is 0 Å². The second-order valence-electron chi connectivity index (χ2n) is 4.42. The Hall–Kier alpha value is -2.32. The van der Waals surface area contributed by atoms with E-state index in [9.17, 15) is 13.2 Å². The van der Waals surface area contributed by atoms with Gasteiger partial charge in [0.25, 0.3) is 15.9 Å². The number of rotatable bonds is 4. The molecule has 8 heteroatoms. The lowest BCUT2D eigenvalue weighted by molar-refractivity contribution is 0.0939. The van der Waals surface area contributed by atoms with E-state index in [1.807, 2.05) is 11.8 Å². The number of carbonyl (C=O) groups excluding carboxylic acids is 1. The quantitative estimate of drug-likeness (QED) is 0.810. The van der Waals surface area contributed by atoms with Crippen LogP contribution >= 0.6 is 0 Å². The number of nitrogens with zero attached hydrogens (tertiary/aromatic N) is 2. The molecule has 21 heavy (non-hydrogen) atoms. The summed E-state index contributed by atoms with van der Waals surface area (Å²) < 4.78 is 24.3. The van der Waals surface area contributed by atoms with E-state index in [1.54, 1.807) is 19.1 Å². The zero-order chi connectivity index (χ0) is 15.5. The van der Waals surface area contributed by atoms with Crippen LogP contribution in [-0.4, -0.2) is 24.3 Å². The van der Waals surface area contributed by atoms with Crippen LogP contribution < -0.4 is 10.3 Å². The van der Waals surface area contributed by atoms with E-state index in [2.05, 4.69) is 15.4 Å². The fraction of sp³-hybridized carbons (Fsp3) is 0.154. The van der Waals surface area contributed by atoms with Crippen molar-refractivity contribution in [2.24, 2.45) is 0 Å². The third kappa shape index (κ3) is 3.61. The highest BCUT2D eigenvalue weighted by Gasteiger charge is 2.18. The van der Waals surface area contributed by atoms with E-state index in [4.69, 9.17) is 0 Å². The van der Waals surface area contributed by atoms with Gasteiger partial charge in [-0.2, -0.15) is 0 Å². The fourth-order valence-electron chi connectivity index (χ4n) is 1.75. The van der Waals surface area contributed by atoms with Gasteiger partial charge in [-0.15, -0.1) is 4.83 Å². The monoisotopic (exact) mass is 306 g/mol. The number of amides is 1. The maximum absolute atomic E-state index is 12.1. The molecular weight excluding hydrogens is 292 g/mol. The molecule has 0 aliphatic carbocycles. The van der Waals surface area contributed by atoms with E-state index in [1.165, 1.54) is 24.7 Å². The summed E-state index contributed by atoms with van der Waals surface area (Å²) in [5.74, 6) is -0.684. The largest absolute Gasteiger partial charge is 0.286 e. The van der Waals surface area contributed by atoms with E-state index in [0.29, 0.717) is 5.56 Å². The first-order chi connectivity index (χ1) is 9.90. The van der Waals surface area contributed by atoms with Crippen molar-refractivity contribution in [3.05, 3.63) is 53.6 Å². The average Bonchev–Trinajstić information content (AvgIpc) is 2.45. The summed E-state index contributed by atoms with van der Waals surface area (Å²) >= 11 is 0. The van der Waals surface area contributed by atoms with Crippen molar-refractivity contribution < 1.29 is 13.2 Å². The third-order valence-corrected chi connectivity index (χ3v) is 4.12. The molecule has 110 valence electrons. The minimum atomic E-state index is -3.84. The number of aromatic nitrogens is 2. The predicted molar refractivity (Wildman–Crippen MR) is 75.7 cm³/mol. The molecule has 0 saturated carbocycles. The van der Waals surface area contributed by atoms with Gasteiger partial charge in [0.05, 0.1) is 11.1 Å². The third-order valence-electron chi connectivity index (χ3n) is 2.71. The Kier molecular flexibility index (Phi) is 4.29. The SMILES string of the molecule is Cc1ccc(S(=O)(=O)NNC(=O)c2cnccn2)c(C)c1. The summed E-state index contributed by atoms with van der Waals surface area (Å²) in [6, 6.07) is 4.92. The highest BCUT2D eigenvalue weighted by Crippen LogP contribution is 2.15. The number of hydrogen-bond donors (Lipinski definition) is 2. The number of hydrogen-bond acceptors (Lipinski definition) is 5. The zero-order valence-corrected chi connectivity index (χ0v) is 12.3. The molecule has 1 amide bonds. The van der Waals surface area contributed by atoms with Gasteiger partial charge in [-0.1, -0.05) is 17.7 Å². The number of aryl methyl sites for hydroxylation is 2. The lowest BCUT2D eigenvalue weighted by Gasteiger charge is -2.10. The summed E-state index contributed by atoms with van der Waals surface area (Å²) in [5, 5.41) is 0. The summed E-state index contributed by atoms with van der Waals surface area (Å²) in [4.78, 5) is 21.4. The summed E-state index contributed by atoms with van der Waals surface area (Å²) in [7, 11) is -3.84. The molecule has 0 saturated heterocycles. The first kappa shape index (κ1) is 15.1. The average molecular weight is 306 g/mol. The van der Waals surface area contributed by atoms with Gasteiger partial charge in [0.15, 0.2) is 0 Å². The number of sulfonamides is 1. The molecule has 0 aliphatic heterocycles. The van der Waals surface area contributed by atoms with Crippen LogP contribution in [0.25, 0.3) is 0 Å². The smallest absolute Gasteiger partial charge is 0.272 e. The highest BCUT2D eigenvalue weighted by molar-refractivity contribution is 7.89. The van der Waals surface area contributed by atoms with Gasteiger partial charge in [-0.25, -0.2) is 13.4 Å². The first-order valence-corrected chi connectivity index (χ1v) is 7.54. The molecule has 0 radical (unpaired) electrons. The molecule has 2 aromatic rings. The van der Waals surface area contributed by atoms with Crippen molar-refractivity contribution in [2.45, 2.75) is 18.7 Å². The molecule has 0 spiro atoms. The first-order valence-electron chi connectivity index (χ1n) is 6.05. The Bertz CT molecular complexity index is 760. The van der Waals surface area contributed by atoms with Crippen LogP contribution in [0.1, 0.15) is 21.6 Å². The normalized spacial score (nSPS) is 11.1. The molecule has 0 bridgehead atoms. The molecule has 7 nitrogen and oxygen atoms in total. The topological polar surface area (TPSA) is 101 Å². The Morgan fingerprint density at radius 2 is 1.95 bits per heavy atom. The number of hydrazine groups is 1. The molecule has 1 aromatic carbocycles. The van der Waals surface area contributed by atoms with Crippen LogP contribution in [0.15, 0.2) is 41.7 Å². The summed E-state index contributed by atoms with van der Waals surface area (Å²) in [5.41, 5.74) is 3.66. The van der Waals surface area contributed by atoms with E-state index in [-0.39, 0.29) is 10.6 Å². The molecule has 2 rings (SSSR count). The van der Waals surface area contributed by atoms with Gasteiger partial charge >= 0.3 is 0 Å². The van der Waals surface area contributed by atoms with Gasteiger partial charge in [0.1, 0.15) is 5.69 Å². The van der Waals surface area contributed by atoms with Crippen molar-refractivity contribution in [3.8, 4) is 0 Å². The Morgan fingerprint density at radius 1 is 1.19 bits per heavy atom. The maximum atomic E-state index is 12.1. The van der Waals surface area contributed by atoms with Crippen LogP contribution in [-0.2, 0) is 10.0 Å². The van der Waals surface area contributed by atoms with Crippen molar-refractivity contribution in [2.75, 3.05) is 0 Å². The van der Waals surface area contributed by atoms with Gasteiger partial charge in [0, 0.05) is 12.4 Å². The Morgan fingerprint density at radius 3 is 2.57 bits per heavy atom. The standard InChI is InChI=1S/C13H14N4O3S/c1-9-3-4-12(10(2)7-9)21(19,20)17-16-13(18)11-8-14-5-6-15-11/h3-8,17H,1-2H3,(H,16,18). The van der Waals surface area contributed by atoms with Crippen LogP contribution in [0.2, 0.25) is 0 Å². The lowest BCUT2D eigenvalue weighted by atomic mass is 10.2. The van der Waals surface area contributed by atoms with Crippen molar-refractivity contribution in [1.82, 2.24) is 20.2 Å². The second kappa shape index (κ2) is 5.98. The predicted octanol–water partition coefficient (Wildman–Crippen LogP) is 0.717. The lowest BCUT2D eigenvalue weighted by Crippen LogP contribution is -2.42. The van der Waals surface area contributed by atoms with Crippen molar-refractivity contribution in [3.63, 3.8) is 0 Å². The molecule has 0 atom stereocenters. The molecule has 2 N–H and O–H groups in total. The van der Waals surface area contributed by atoms with Crippen molar-refractivity contribution >= 4 is 15.9 Å². The van der Waals surface area contributed by atoms with Crippen LogP contribution in [0, 0.1) is 13.8 Å². The molecule has 1 aromatic heterocycles. The Labute approximate surface area is 122 Å². The summed E-state index contributed by atoms with van der Waals surface area (Å²) in [6.45, 7) is 3.55. The van der Waals surface area contributed by atoms with Crippen LogP contribution in [0.3, 0.4) is 0 Å². The Balaban J connectivity index is 2.13. The second-order valence-corrected chi connectivity index (χ2v) is 6.07. The molecule has 1 heterocycles. The summed E-state index contributed by atoms with van der Waals surface area (Å²) in [6.07, 6.45) is 3.99. The number of nitrogens with one attached hydrogen (secondary N) is 2. The molecule has 0 unspecified atom stereocenters. The number of benzene rings is 1. The van der Waals surface area contributed by atoms with Crippen molar-refractivity contribution in [1.29, 1.82) is 0 Å². The van der Waals surface area contributed by atoms with Gasteiger partial charge in [-0.3, -0.25) is 15.2 Å². The zero-order valence-electron chi connectivity index (χ0n) is 11.5. The minimum absolute atomic E-state index is 0.0147. The van der Waals surface area contributed by atoms with Crippen LogP contribution in [0.5, 0.6) is 0 Å². The van der Waals surface area contributed by atoms with E-state index < -0.39 is 15.9 Å². The maximum Gasteiger partial charge on any atom is 0.286 e. The minimum Gasteiger partial charge on any atom is -0.272 e. The highest BCUT2D eigenvalue weighted by atomic mass is 32.2. The number of carbonyl (C=O) groups is 1.